The summed E-state index contributed by atoms with van der Waals surface area (Å²) in [6, 6.07) is 6.70. The Morgan fingerprint density at radius 3 is 2.92 bits per heavy atom. The summed E-state index contributed by atoms with van der Waals surface area (Å²) in [7, 11) is 1.36. The van der Waals surface area contributed by atoms with Gasteiger partial charge in [0.15, 0.2) is 0 Å². The number of nitrogens with zero attached hydrogens (tertiary/aromatic N) is 2. The first-order valence-corrected chi connectivity index (χ1v) is 8.37. The van der Waals surface area contributed by atoms with Crippen LogP contribution in [0.25, 0.3) is 16.6 Å². The van der Waals surface area contributed by atoms with Crippen LogP contribution in [-0.2, 0) is 14.4 Å². The van der Waals surface area contributed by atoms with Gasteiger partial charge in [0.05, 0.1) is 30.6 Å². The Hall–Kier alpha value is -2.34. The third-order valence-electron chi connectivity index (χ3n) is 5.04. The number of carbonyl (C=O) groups is 1. The highest BCUT2D eigenvalue weighted by Crippen LogP contribution is 2.33. The summed E-state index contributed by atoms with van der Waals surface area (Å²) in [6.07, 6.45) is 6.15. The second-order valence-electron chi connectivity index (χ2n) is 6.48. The van der Waals surface area contributed by atoms with Crippen molar-refractivity contribution in [2.75, 3.05) is 7.11 Å². The second kappa shape index (κ2) is 5.94. The van der Waals surface area contributed by atoms with Gasteiger partial charge in [-0.25, -0.2) is 4.79 Å². The summed E-state index contributed by atoms with van der Waals surface area (Å²) in [5, 5.41) is 5.73. The molecule has 1 aromatic carbocycles. The third kappa shape index (κ3) is 2.38. The van der Waals surface area contributed by atoms with E-state index in [2.05, 4.69) is 27.4 Å². The van der Waals surface area contributed by atoms with Crippen LogP contribution in [0.2, 0.25) is 0 Å². The Labute approximate surface area is 140 Å². The molecule has 0 bridgehead atoms. The van der Waals surface area contributed by atoms with Gasteiger partial charge in [0.25, 0.3) is 0 Å². The lowest BCUT2D eigenvalue weighted by molar-refractivity contribution is -0.152. The topological polar surface area (TPSA) is 65.4 Å². The molecule has 4 rings (SSSR count). The van der Waals surface area contributed by atoms with Gasteiger partial charge in [0.1, 0.15) is 0 Å². The van der Waals surface area contributed by atoms with Crippen LogP contribution in [-0.4, -0.2) is 29.0 Å². The first-order valence-electron chi connectivity index (χ1n) is 8.37. The fraction of sp³-hybridized carbons (Fsp3) is 0.444. The molecule has 2 aliphatic rings. The van der Waals surface area contributed by atoms with Gasteiger partial charge in [-0.05, 0) is 31.4 Å². The minimum atomic E-state index is -0.694. The molecule has 0 saturated heterocycles. The molecular formula is C18H21N3O3. The van der Waals surface area contributed by atoms with Crippen molar-refractivity contribution in [2.45, 2.75) is 44.8 Å². The average molecular weight is 327 g/mol. The van der Waals surface area contributed by atoms with E-state index in [4.69, 9.17) is 9.57 Å². The number of hydrogen-bond acceptors (Lipinski definition) is 5. The van der Waals surface area contributed by atoms with Gasteiger partial charge in [0, 0.05) is 10.9 Å². The molecule has 1 saturated carbocycles. The predicted octanol–water partition coefficient (Wildman–Crippen LogP) is 2.96. The van der Waals surface area contributed by atoms with E-state index in [1.165, 1.54) is 32.8 Å². The van der Waals surface area contributed by atoms with Gasteiger partial charge in [-0.1, -0.05) is 25.0 Å². The number of hydrogen-bond donors (Lipinski definition) is 1. The number of aromatic nitrogens is 2. The van der Waals surface area contributed by atoms with Gasteiger partial charge in [0.2, 0.25) is 6.10 Å². The molecule has 1 aromatic heterocycles. The van der Waals surface area contributed by atoms with E-state index in [0.717, 1.165) is 27.7 Å². The molecule has 2 heterocycles. The van der Waals surface area contributed by atoms with Crippen LogP contribution in [0.5, 0.6) is 0 Å². The lowest BCUT2D eigenvalue weighted by Gasteiger charge is -2.12. The first kappa shape index (κ1) is 15.2. The van der Waals surface area contributed by atoms with E-state index in [9.17, 15) is 4.79 Å². The molecule has 1 unspecified atom stereocenters. The summed E-state index contributed by atoms with van der Waals surface area (Å²) in [6.45, 7) is 1.88. The quantitative estimate of drug-likeness (QED) is 0.878. The average Bonchev–Trinajstić information content (AvgIpc) is 3.32. The van der Waals surface area contributed by atoms with Crippen molar-refractivity contribution < 1.29 is 14.4 Å². The molecule has 24 heavy (non-hydrogen) atoms. The lowest BCUT2D eigenvalue weighted by Crippen LogP contribution is -2.25. The second-order valence-corrected chi connectivity index (χ2v) is 6.48. The van der Waals surface area contributed by atoms with Gasteiger partial charge >= 0.3 is 5.97 Å². The number of ether oxygens (including phenoxy) is 1. The van der Waals surface area contributed by atoms with E-state index < -0.39 is 12.1 Å². The molecule has 1 aliphatic carbocycles. The van der Waals surface area contributed by atoms with Crippen LogP contribution in [0.4, 0.5) is 0 Å². The standard InChI is InChI=1S/C18H21N3O3/c1-11-16(20-24-17(11)18(22)23-2)12-7-8-13-10-19-21(15(13)9-12)14-5-3-4-6-14/h7-10,14,17,20H,3-6H2,1-2H3. The number of methoxy groups -OCH3 is 1. The summed E-state index contributed by atoms with van der Waals surface area (Å²) < 4.78 is 6.93. The van der Waals surface area contributed by atoms with Crippen molar-refractivity contribution in [3.05, 3.63) is 35.5 Å². The van der Waals surface area contributed by atoms with Crippen LogP contribution in [0.3, 0.4) is 0 Å². The molecule has 1 atom stereocenters. The Kier molecular flexibility index (Phi) is 3.76. The van der Waals surface area contributed by atoms with Gasteiger partial charge in [-0.3, -0.25) is 15.0 Å². The third-order valence-corrected chi connectivity index (χ3v) is 5.04. The first-order chi connectivity index (χ1) is 11.7. The van der Waals surface area contributed by atoms with Crippen LogP contribution < -0.4 is 5.48 Å². The van der Waals surface area contributed by atoms with Crippen molar-refractivity contribution in [1.82, 2.24) is 15.3 Å². The number of esters is 1. The molecule has 1 fully saturated rings. The Balaban J connectivity index is 1.73. The molecule has 126 valence electrons. The van der Waals surface area contributed by atoms with Crippen LogP contribution in [0.15, 0.2) is 30.0 Å². The summed E-state index contributed by atoms with van der Waals surface area (Å²) in [5.74, 6) is -0.396. The molecule has 0 amide bonds. The Morgan fingerprint density at radius 1 is 1.38 bits per heavy atom. The zero-order valence-corrected chi connectivity index (χ0v) is 13.9. The number of benzene rings is 1. The van der Waals surface area contributed by atoms with Crippen LogP contribution in [0, 0.1) is 0 Å². The molecule has 6 nitrogen and oxygen atoms in total. The lowest BCUT2D eigenvalue weighted by atomic mass is 10.0. The highest BCUT2D eigenvalue weighted by molar-refractivity contribution is 5.87. The minimum absolute atomic E-state index is 0.396. The van der Waals surface area contributed by atoms with E-state index in [0.29, 0.717) is 6.04 Å². The number of hydroxylamine groups is 1. The number of carbonyl (C=O) groups excluding carboxylic acids is 1. The zero-order chi connectivity index (χ0) is 16.7. The van der Waals surface area contributed by atoms with Gasteiger partial charge in [-0.2, -0.15) is 5.10 Å². The van der Waals surface area contributed by atoms with Crippen LogP contribution >= 0.6 is 0 Å². The predicted molar refractivity (Wildman–Crippen MR) is 89.9 cm³/mol. The Bertz CT molecular complexity index is 818. The number of rotatable bonds is 3. The zero-order valence-electron chi connectivity index (χ0n) is 13.9. The van der Waals surface area contributed by atoms with Crippen molar-refractivity contribution in [1.29, 1.82) is 0 Å². The maximum atomic E-state index is 11.8. The number of fused-ring (bicyclic) bond motifs is 1. The van der Waals surface area contributed by atoms with Crippen LogP contribution in [0.1, 0.15) is 44.2 Å². The van der Waals surface area contributed by atoms with E-state index in [-0.39, 0.29) is 0 Å². The maximum absolute atomic E-state index is 11.8. The molecule has 0 spiro atoms. The van der Waals surface area contributed by atoms with Crippen molar-refractivity contribution in [2.24, 2.45) is 0 Å². The fourth-order valence-electron chi connectivity index (χ4n) is 3.67. The minimum Gasteiger partial charge on any atom is -0.467 e. The summed E-state index contributed by atoms with van der Waals surface area (Å²) in [4.78, 5) is 17.2. The highest BCUT2D eigenvalue weighted by atomic mass is 16.7. The van der Waals surface area contributed by atoms with E-state index in [1.807, 2.05) is 19.2 Å². The summed E-state index contributed by atoms with van der Waals surface area (Å²) in [5.41, 5.74) is 6.66. The monoisotopic (exact) mass is 327 g/mol. The van der Waals surface area contributed by atoms with E-state index in [1.54, 1.807) is 0 Å². The highest BCUT2D eigenvalue weighted by Gasteiger charge is 2.31. The smallest absolute Gasteiger partial charge is 0.342 e. The largest absolute Gasteiger partial charge is 0.467 e. The normalized spacial score (nSPS) is 21.5. The van der Waals surface area contributed by atoms with Crippen molar-refractivity contribution >= 4 is 22.6 Å². The summed E-state index contributed by atoms with van der Waals surface area (Å²) >= 11 is 0. The molecule has 1 aliphatic heterocycles. The molecule has 1 N–H and O–H groups in total. The Morgan fingerprint density at radius 2 is 2.17 bits per heavy atom. The SMILES string of the molecule is COC(=O)C1ONC(c2ccc3cnn(C4CCCC4)c3c2)=C1C. The van der Waals surface area contributed by atoms with Crippen molar-refractivity contribution in [3.63, 3.8) is 0 Å². The van der Waals surface area contributed by atoms with Gasteiger partial charge in [-0.15, -0.1) is 0 Å². The molecule has 2 aromatic rings. The molecule has 0 radical (unpaired) electrons. The molecule has 6 heteroatoms. The maximum Gasteiger partial charge on any atom is 0.342 e. The van der Waals surface area contributed by atoms with Gasteiger partial charge < -0.3 is 4.74 Å². The molecular weight excluding hydrogens is 306 g/mol. The van der Waals surface area contributed by atoms with Crippen molar-refractivity contribution in [3.8, 4) is 0 Å². The fourth-order valence-corrected chi connectivity index (χ4v) is 3.67. The van der Waals surface area contributed by atoms with E-state index >= 15 is 0 Å². The number of nitrogens with one attached hydrogen (secondary N) is 1.